The first kappa shape index (κ1) is 11.0. The van der Waals surface area contributed by atoms with Crippen molar-refractivity contribution >= 4 is 0 Å². The predicted octanol–water partition coefficient (Wildman–Crippen LogP) is 0.380. The second-order valence-corrected chi connectivity index (χ2v) is 3.29. The van der Waals surface area contributed by atoms with Crippen LogP contribution in [0, 0.1) is 6.92 Å². The van der Waals surface area contributed by atoms with E-state index < -0.39 is 5.79 Å². The SMILES string of the molecule is CCOc1cccc(C(N)(N)N)c1C. The van der Waals surface area contributed by atoms with Gasteiger partial charge in [-0.15, -0.1) is 0 Å². The first-order chi connectivity index (χ1) is 6.46. The Balaban J connectivity index is 3.14. The van der Waals surface area contributed by atoms with Crippen molar-refractivity contribution in [1.82, 2.24) is 0 Å². The van der Waals surface area contributed by atoms with E-state index in [0.717, 1.165) is 11.3 Å². The molecule has 14 heavy (non-hydrogen) atoms. The lowest BCUT2D eigenvalue weighted by Crippen LogP contribution is -2.54. The molecule has 0 atom stereocenters. The molecule has 4 nitrogen and oxygen atoms in total. The number of hydrogen-bond donors (Lipinski definition) is 3. The van der Waals surface area contributed by atoms with Crippen LogP contribution in [0.15, 0.2) is 18.2 Å². The van der Waals surface area contributed by atoms with E-state index in [2.05, 4.69) is 0 Å². The molecule has 0 radical (unpaired) electrons. The minimum atomic E-state index is -1.31. The Kier molecular flexibility index (Phi) is 3.10. The summed E-state index contributed by atoms with van der Waals surface area (Å²) in [5, 5.41) is 0. The summed E-state index contributed by atoms with van der Waals surface area (Å²) >= 11 is 0. The van der Waals surface area contributed by atoms with Gasteiger partial charge in [-0.05, 0) is 25.5 Å². The average Bonchev–Trinajstić information content (AvgIpc) is 2.07. The third kappa shape index (κ3) is 2.23. The van der Waals surface area contributed by atoms with Gasteiger partial charge in [0.05, 0.1) is 6.61 Å². The zero-order chi connectivity index (χ0) is 10.8. The summed E-state index contributed by atoms with van der Waals surface area (Å²) in [5.41, 5.74) is 18.5. The molecule has 0 aliphatic rings. The van der Waals surface area contributed by atoms with Crippen LogP contribution >= 0.6 is 0 Å². The van der Waals surface area contributed by atoms with Gasteiger partial charge < -0.3 is 4.74 Å². The highest BCUT2D eigenvalue weighted by Gasteiger charge is 2.19. The van der Waals surface area contributed by atoms with Crippen LogP contribution in [-0.2, 0) is 5.79 Å². The van der Waals surface area contributed by atoms with Crippen LogP contribution < -0.4 is 21.9 Å². The summed E-state index contributed by atoms with van der Waals surface area (Å²) in [7, 11) is 0. The molecule has 0 saturated heterocycles. The van der Waals surface area contributed by atoms with E-state index in [-0.39, 0.29) is 0 Å². The highest BCUT2D eigenvalue weighted by molar-refractivity contribution is 5.41. The minimum Gasteiger partial charge on any atom is -0.494 e. The fraction of sp³-hybridized carbons (Fsp3) is 0.400. The van der Waals surface area contributed by atoms with Crippen molar-refractivity contribution in [2.45, 2.75) is 19.6 Å². The molecule has 0 spiro atoms. The molecule has 4 heteroatoms. The molecule has 78 valence electrons. The van der Waals surface area contributed by atoms with E-state index >= 15 is 0 Å². The molecule has 0 unspecified atom stereocenters. The summed E-state index contributed by atoms with van der Waals surface area (Å²) in [6.45, 7) is 4.42. The van der Waals surface area contributed by atoms with Gasteiger partial charge in [0, 0.05) is 5.56 Å². The maximum Gasteiger partial charge on any atom is 0.143 e. The van der Waals surface area contributed by atoms with E-state index in [4.69, 9.17) is 21.9 Å². The van der Waals surface area contributed by atoms with E-state index in [1.165, 1.54) is 0 Å². The van der Waals surface area contributed by atoms with Crippen molar-refractivity contribution < 1.29 is 4.74 Å². The Morgan fingerprint density at radius 2 is 1.93 bits per heavy atom. The molecule has 1 aromatic rings. The molecule has 0 amide bonds. The number of rotatable bonds is 3. The third-order valence-corrected chi connectivity index (χ3v) is 2.05. The van der Waals surface area contributed by atoms with Crippen LogP contribution in [-0.4, -0.2) is 6.61 Å². The summed E-state index contributed by atoms with van der Waals surface area (Å²) in [5.74, 6) is -0.535. The van der Waals surface area contributed by atoms with E-state index in [0.29, 0.717) is 12.2 Å². The van der Waals surface area contributed by atoms with Crippen LogP contribution in [0.1, 0.15) is 18.1 Å². The van der Waals surface area contributed by atoms with E-state index in [9.17, 15) is 0 Å². The van der Waals surface area contributed by atoms with Crippen molar-refractivity contribution in [3.8, 4) is 5.75 Å². The molecule has 0 heterocycles. The smallest absolute Gasteiger partial charge is 0.143 e. The Labute approximate surface area is 84.0 Å². The average molecular weight is 195 g/mol. The second kappa shape index (κ2) is 3.96. The van der Waals surface area contributed by atoms with Gasteiger partial charge in [0.1, 0.15) is 11.5 Å². The van der Waals surface area contributed by atoms with E-state index in [1.807, 2.05) is 26.0 Å². The van der Waals surface area contributed by atoms with E-state index in [1.54, 1.807) is 6.07 Å². The fourth-order valence-electron chi connectivity index (χ4n) is 1.40. The summed E-state index contributed by atoms with van der Waals surface area (Å²) < 4.78 is 5.41. The van der Waals surface area contributed by atoms with Crippen molar-refractivity contribution in [2.24, 2.45) is 17.2 Å². The molecule has 1 aromatic carbocycles. The van der Waals surface area contributed by atoms with Crippen molar-refractivity contribution in [3.05, 3.63) is 29.3 Å². The van der Waals surface area contributed by atoms with Gasteiger partial charge >= 0.3 is 0 Å². The minimum absolute atomic E-state index is 0.608. The number of hydrogen-bond acceptors (Lipinski definition) is 4. The van der Waals surface area contributed by atoms with Gasteiger partial charge in [0.2, 0.25) is 0 Å². The van der Waals surface area contributed by atoms with Crippen LogP contribution in [0.3, 0.4) is 0 Å². The van der Waals surface area contributed by atoms with Crippen LogP contribution in [0.2, 0.25) is 0 Å². The molecule has 0 aliphatic carbocycles. The molecule has 0 aliphatic heterocycles. The lowest BCUT2D eigenvalue weighted by atomic mass is 10.0. The molecule has 0 saturated carbocycles. The molecule has 0 fully saturated rings. The zero-order valence-corrected chi connectivity index (χ0v) is 8.58. The van der Waals surface area contributed by atoms with Gasteiger partial charge in [0.25, 0.3) is 0 Å². The molecule has 0 bridgehead atoms. The maximum absolute atomic E-state index is 5.62. The molecular weight excluding hydrogens is 178 g/mol. The van der Waals surface area contributed by atoms with Crippen LogP contribution in [0.5, 0.6) is 5.75 Å². The quantitative estimate of drug-likeness (QED) is 0.608. The zero-order valence-electron chi connectivity index (χ0n) is 8.58. The largest absolute Gasteiger partial charge is 0.494 e. The molecular formula is C10H17N3O. The van der Waals surface area contributed by atoms with Gasteiger partial charge in [-0.1, -0.05) is 12.1 Å². The standard InChI is InChI=1S/C10H17N3O/c1-3-14-9-6-4-5-8(7(9)2)10(11,12)13/h4-6H,3,11-13H2,1-2H3. The Hall–Kier alpha value is -1.10. The summed E-state index contributed by atoms with van der Waals surface area (Å²) in [6.07, 6.45) is 0. The Morgan fingerprint density at radius 3 is 2.43 bits per heavy atom. The topological polar surface area (TPSA) is 87.3 Å². The second-order valence-electron chi connectivity index (χ2n) is 3.29. The van der Waals surface area contributed by atoms with Gasteiger partial charge in [-0.3, -0.25) is 17.2 Å². The van der Waals surface area contributed by atoms with Gasteiger partial charge in [-0.25, -0.2) is 0 Å². The molecule has 1 rings (SSSR count). The normalized spacial score (nSPS) is 11.5. The van der Waals surface area contributed by atoms with Crippen LogP contribution in [0.25, 0.3) is 0 Å². The Bertz CT molecular complexity index is 318. The first-order valence-electron chi connectivity index (χ1n) is 4.56. The summed E-state index contributed by atoms with van der Waals surface area (Å²) in [4.78, 5) is 0. The van der Waals surface area contributed by atoms with Gasteiger partial charge in [0.15, 0.2) is 0 Å². The monoisotopic (exact) mass is 195 g/mol. The number of benzene rings is 1. The molecule has 6 N–H and O–H groups in total. The van der Waals surface area contributed by atoms with Gasteiger partial charge in [-0.2, -0.15) is 0 Å². The lowest BCUT2D eigenvalue weighted by molar-refractivity contribution is 0.335. The number of nitrogens with two attached hydrogens (primary N) is 3. The highest BCUT2D eigenvalue weighted by atomic mass is 16.5. The third-order valence-electron chi connectivity index (χ3n) is 2.05. The van der Waals surface area contributed by atoms with Crippen molar-refractivity contribution in [3.63, 3.8) is 0 Å². The molecule has 0 aromatic heterocycles. The van der Waals surface area contributed by atoms with Crippen LogP contribution in [0.4, 0.5) is 0 Å². The number of ether oxygens (including phenoxy) is 1. The first-order valence-corrected chi connectivity index (χ1v) is 4.56. The Morgan fingerprint density at radius 1 is 1.29 bits per heavy atom. The predicted molar refractivity (Wildman–Crippen MR) is 56.6 cm³/mol. The van der Waals surface area contributed by atoms with Crippen molar-refractivity contribution in [1.29, 1.82) is 0 Å². The maximum atomic E-state index is 5.62. The fourth-order valence-corrected chi connectivity index (χ4v) is 1.40. The summed E-state index contributed by atoms with van der Waals surface area (Å²) in [6, 6.07) is 5.50. The lowest BCUT2D eigenvalue weighted by Gasteiger charge is -2.22. The highest BCUT2D eigenvalue weighted by Crippen LogP contribution is 2.23. The van der Waals surface area contributed by atoms with Crippen molar-refractivity contribution in [2.75, 3.05) is 6.61 Å².